The third-order valence-corrected chi connectivity index (χ3v) is 4.53. The molecule has 1 saturated carbocycles. The summed E-state index contributed by atoms with van der Waals surface area (Å²) in [5.74, 6) is 2.08. The van der Waals surface area contributed by atoms with Crippen LogP contribution in [0.15, 0.2) is 12.1 Å². The predicted molar refractivity (Wildman–Crippen MR) is 89.1 cm³/mol. The van der Waals surface area contributed by atoms with E-state index in [4.69, 9.17) is 14.2 Å². The van der Waals surface area contributed by atoms with Gasteiger partial charge in [-0.1, -0.05) is 25.7 Å². The summed E-state index contributed by atoms with van der Waals surface area (Å²) in [6, 6.07) is 4.94. The third-order valence-electron chi connectivity index (χ3n) is 4.53. The van der Waals surface area contributed by atoms with Crippen molar-refractivity contribution in [3.8, 4) is 17.2 Å². The molecule has 4 heteroatoms. The molecular formula is C18H29NO3. The Labute approximate surface area is 134 Å². The number of ether oxygens (including phenoxy) is 3. The second-order valence-electron chi connectivity index (χ2n) is 6.04. The zero-order valence-electron chi connectivity index (χ0n) is 14.3. The zero-order valence-corrected chi connectivity index (χ0v) is 14.3. The van der Waals surface area contributed by atoms with Crippen LogP contribution in [0.2, 0.25) is 0 Å². The van der Waals surface area contributed by atoms with Gasteiger partial charge in [0.15, 0.2) is 11.5 Å². The van der Waals surface area contributed by atoms with Crippen molar-refractivity contribution in [3.63, 3.8) is 0 Å². The molecule has 1 atom stereocenters. The van der Waals surface area contributed by atoms with Gasteiger partial charge in [0.25, 0.3) is 0 Å². The molecule has 0 amide bonds. The quantitative estimate of drug-likeness (QED) is 0.804. The highest BCUT2D eigenvalue weighted by molar-refractivity contribution is 5.54. The number of methoxy groups -OCH3 is 3. The van der Waals surface area contributed by atoms with Gasteiger partial charge in [0.1, 0.15) is 0 Å². The lowest BCUT2D eigenvalue weighted by Gasteiger charge is -2.24. The lowest BCUT2D eigenvalue weighted by molar-refractivity contribution is 0.322. The van der Waals surface area contributed by atoms with Gasteiger partial charge in [0.05, 0.1) is 21.3 Å². The number of benzene rings is 1. The minimum atomic E-state index is 0.261. The van der Waals surface area contributed by atoms with Crippen molar-refractivity contribution in [3.05, 3.63) is 17.7 Å². The van der Waals surface area contributed by atoms with E-state index in [1.54, 1.807) is 21.3 Å². The van der Waals surface area contributed by atoms with Crippen LogP contribution >= 0.6 is 0 Å². The molecule has 1 fully saturated rings. The summed E-state index contributed by atoms with van der Waals surface area (Å²) in [6.07, 6.45) is 7.95. The predicted octanol–water partition coefficient (Wildman–Crippen LogP) is 4.09. The lowest BCUT2D eigenvalue weighted by atomic mass is 10.0. The van der Waals surface area contributed by atoms with Crippen molar-refractivity contribution >= 4 is 0 Å². The summed E-state index contributed by atoms with van der Waals surface area (Å²) in [5, 5.41) is 3.76. The summed E-state index contributed by atoms with van der Waals surface area (Å²) >= 11 is 0. The Kier molecular flexibility index (Phi) is 6.37. The van der Waals surface area contributed by atoms with Gasteiger partial charge < -0.3 is 19.5 Å². The molecule has 0 heterocycles. The van der Waals surface area contributed by atoms with Crippen LogP contribution < -0.4 is 19.5 Å². The van der Waals surface area contributed by atoms with Gasteiger partial charge in [0.2, 0.25) is 5.75 Å². The van der Waals surface area contributed by atoms with E-state index in [0.717, 1.165) is 0 Å². The number of rotatable bonds is 6. The van der Waals surface area contributed by atoms with E-state index >= 15 is 0 Å². The van der Waals surface area contributed by atoms with E-state index < -0.39 is 0 Å². The van der Waals surface area contributed by atoms with Crippen molar-refractivity contribution in [2.24, 2.45) is 0 Å². The Morgan fingerprint density at radius 3 is 1.91 bits per heavy atom. The van der Waals surface area contributed by atoms with Crippen LogP contribution in [0.3, 0.4) is 0 Å². The summed E-state index contributed by atoms with van der Waals surface area (Å²) in [6.45, 7) is 2.20. The Morgan fingerprint density at radius 1 is 0.909 bits per heavy atom. The van der Waals surface area contributed by atoms with Crippen LogP contribution in [0.4, 0.5) is 0 Å². The molecule has 22 heavy (non-hydrogen) atoms. The fourth-order valence-corrected chi connectivity index (χ4v) is 3.25. The standard InChI is InChI=1S/C18H29NO3/c1-13(19-15-9-7-5-6-8-10-15)14-11-16(20-2)18(22-4)17(12-14)21-3/h11-13,15,19H,5-10H2,1-4H3. The summed E-state index contributed by atoms with van der Waals surface area (Å²) < 4.78 is 16.3. The molecule has 0 radical (unpaired) electrons. The van der Waals surface area contributed by atoms with Gasteiger partial charge in [-0.3, -0.25) is 0 Å². The van der Waals surface area contributed by atoms with Crippen LogP contribution in [0.5, 0.6) is 17.2 Å². The SMILES string of the molecule is COc1cc(C(C)NC2CCCCCC2)cc(OC)c1OC. The molecule has 0 bridgehead atoms. The first-order chi connectivity index (χ1) is 10.7. The van der Waals surface area contributed by atoms with Crippen molar-refractivity contribution in [1.82, 2.24) is 5.32 Å². The lowest BCUT2D eigenvalue weighted by Crippen LogP contribution is -2.31. The average Bonchev–Trinajstić information content (AvgIpc) is 2.81. The molecule has 1 N–H and O–H groups in total. The minimum Gasteiger partial charge on any atom is -0.493 e. The molecular weight excluding hydrogens is 278 g/mol. The second kappa shape index (κ2) is 8.28. The highest BCUT2D eigenvalue weighted by Gasteiger charge is 2.19. The van der Waals surface area contributed by atoms with Gasteiger partial charge in [-0.05, 0) is 37.5 Å². The van der Waals surface area contributed by atoms with Gasteiger partial charge in [-0.15, -0.1) is 0 Å². The number of hydrogen-bond donors (Lipinski definition) is 1. The van der Waals surface area contributed by atoms with E-state index in [2.05, 4.69) is 12.2 Å². The van der Waals surface area contributed by atoms with E-state index in [0.29, 0.717) is 23.3 Å². The minimum absolute atomic E-state index is 0.261. The molecule has 0 aromatic heterocycles. The number of nitrogens with one attached hydrogen (secondary N) is 1. The molecule has 2 rings (SSSR count). The molecule has 1 aliphatic rings. The Hall–Kier alpha value is -1.42. The van der Waals surface area contributed by atoms with Crippen molar-refractivity contribution in [2.45, 2.75) is 57.5 Å². The van der Waals surface area contributed by atoms with Crippen LogP contribution in [-0.4, -0.2) is 27.4 Å². The maximum absolute atomic E-state index is 5.45. The first-order valence-electron chi connectivity index (χ1n) is 8.25. The molecule has 1 aromatic rings. The molecule has 1 aliphatic carbocycles. The molecule has 4 nitrogen and oxygen atoms in total. The van der Waals surface area contributed by atoms with E-state index in [-0.39, 0.29) is 6.04 Å². The molecule has 0 aliphatic heterocycles. The van der Waals surface area contributed by atoms with Gasteiger partial charge in [-0.25, -0.2) is 0 Å². The van der Waals surface area contributed by atoms with Crippen LogP contribution in [0.25, 0.3) is 0 Å². The molecule has 0 saturated heterocycles. The molecule has 1 unspecified atom stereocenters. The van der Waals surface area contributed by atoms with Crippen molar-refractivity contribution in [1.29, 1.82) is 0 Å². The van der Waals surface area contributed by atoms with E-state index in [1.807, 2.05) is 12.1 Å². The molecule has 124 valence electrons. The van der Waals surface area contributed by atoms with Crippen LogP contribution in [0.1, 0.15) is 57.1 Å². The van der Waals surface area contributed by atoms with Crippen molar-refractivity contribution in [2.75, 3.05) is 21.3 Å². The smallest absolute Gasteiger partial charge is 0.203 e. The van der Waals surface area contributed by atoms with Gasteiger partial charge in [-0.2, -0.15) is 0 Å². The molecule has 0 spiro atoms. The van der Waals surface area contributed by atoms with Crippen LogP contribution in [0, 0.1) is 0 Å². The summed E-state index contributed by atoms with van der Waals surface area (Å²) in [7, 11) is 4.95. The monoisotopic (exact) mass is 307 g/mol. The number of hydrogen-bond acceptors (Lipinski definition) is 4. The van der Waals surface area contributed by atoms with Gasteiger partial charge in [0, 0.05) is 12.1 Å². The second-order valence-corrected chi connectivity index (χ2v) is 6.04. The largest absolute Gasteiger partial charge is 0.493 e. The highest BCUT2D eigenvalue weighted by Crippen LogP contribution is 2.39. The third kappa shape index (κ3) is 4.07. The maximum Gasteiger partial charge on any atom is 0.203 e. The van der Waals surface area contributed by atoms with Crippen LogP contribution in [-0.2, 0) is 0 Å². The van der Waals surface area contributed by atoms with E-state index in [1.165, 1.54) is 44.1 Å². The first kappa shape index (κ1) is 16.9. The average molecular weight is 307 g/mol. The summed E-state index contributed by atoms with van der Waals surface area (Å²) in [4.78, 5) is 0. The summed E-state index contributed by atoms with van der Waals surface area (Å²) in [5.41, 5.74) is 1.17. The highest BCUT2D eigenvalue weighted by atomic mass is 16.5. The van der Waals surface area contributed by atoms with Gasteiger partial charge >= 0.3 is 0 Å². The van der Waals surface area contributed by atoms with E-state index in [9.17, 15) is 0 Å². The topological polar surface area (TPSA) is 39.7 Å². The Balaban J connectivity index is 2.15. The Bertz CT molecular complexity index is 442. The normalized spacial score (nSPS) is 17.6. The maximum atomic E-state index is 5.45. The molecule has 1 aromatic carbocycles. The fraction of sp³-hybridized carbons (Fsp3) is 0.667. The van der Waals surface area contributed by atoms with Crippen molar-refractivity contribution < 1.29 is 14.2 Å². The fourth-order valence-electron chi connectivity index (χ4n) is 3.25. The Morgan fingerprint density at radius 2 is 1.45 bits per heavy atom. The zero-order chi connectivity index (χ0) is 15.9. The first-order valence-corrected chi connectivity index (χ1v) is 8.25.